The first-order valence-corrected chi connectivity index (χ1v) is 6.61. The van der Waals surface area contributed by atoms with Crippen LogP contribution in [0.4, 0.5) is 4.39 Å². The molecule has 1 atom stereocenters. The van der Waals surface area contributed by atoms with Crippen LogP contribution in [-0.4, -0.2) is 20.2 Å². The summed E-state index contributed by atoms with van der Waals surface area (Å²) in [5, 5.41) is 12.8. The molecule has 7 heteroatoms. The number of halogens is 1. The molecule has 19 heavy (non-hydrogen) atoms. The average Bonchev–Trinajstić information content (AvgIpc) is 2.95. The molecule has 3 rings (SSSR count). The Hall–Kier alpha value is -1.86. The van der Waals surface area contributed by atoms with Gasteiger partial charge in [-0.25, -0.2) is 4.39 Å². The Labute approximate surface area is 112 Å². The lowest BCUT2D eigenvalue weighted by atomic mass is 10.1. The number of thiophene rings is 1. The lowest BCUT2D eigenvalue weighted by Crippen LogP contribution is -2.12. The van der Waals surface area contributed by atoms with Crippen molar-refractivity contribution in [1.82, 2.24) is 20.2 Å². The molecule has 98 valence electrons. The van der Waals surface area contributed by atoms with Gasteiger partial charge in [0.1, 0.15) is 5.82 Å². The molecule has 1 unspecified atom stereocenters. The maximum atomic E-state index is 13.1. The third-order valence-electron chi connectivity index (χ3n) is 2.82. The van der Waals surface area contributed by atoms with Crippen molar-refractivity contribution in [2.45, 2.75) is 12.5 Å². The number of benzene rings is 1. The van der Waals surface area contributed by atoms with Crippen LogP contribution in [0, 0.1) is 5.82 Å². The second kappa shape index (κ2) is 4.67. The highest BCUT2D eigenvalue weighted by molar-refractivity contribution is 7.19. The summed E-state index contributed by atoms with van der Waals surface area (Å²) in [6.07, 6.45) is 0.517. The molecule has 1 aromatic carbocycles. The number of hydrogen-bond acceptors (Lipinski definition) is 5. The van der Waals surface area contributed by atoms with Crippen molar-refractivity contribution in [2.24, 2.45) is 12.8 Å². The summed E-state index contributed by atoms with van der Waals surface area (Å²) in [5.74, 6) is 0.378. The fourth-order valence-corrected chi connectivity index (χ4v) is 3.00. The van der Waals surface area contributed by atoms with Gasteiger partial charge in [-0.15, -0.1) is 21.5 Å². The molecule has 0 bridgehead atoms. The van der Waals surface area contributed by atoms with E-state index < -0.39 is 0 Å². The largest absolute Gasteiger partial charge is 0.323 e. The van der Waals surface area contributed by atoms with Gasteiger partial charge in [0.15, 0.2) is 5.82 Å². The Morgan fingerprint density at radius 2 is 2.26 bits per heavy atom. The van der Waals surface area contributed by atoms with E-state index in [1.807, 2.05) is 6.07 Å². The highest BCUT2D eigenvalue weighted by Crippen LogP contribution is 2.30. The Bertz CT molecular complexity index is 720. The zero-order valence-corrected chi connectivity index (χ0v) is 11.1. The molecule has 0 fully saturated rings. The van der Waals surface area contributed by atoms with Crippen LogP contribution in [-0.2, 0) is 13.5 Å². The summed E-state index contributed by atoms with van der Waals surface area (Å²) in [5.41, 5.74) is 6.14. The second-order valence-electron chi connectivity index (χ2n) is 4.34. The van der Waals surface area contributed by atoms with Crippen molar-refractivity contribution in [2.75, 3.05) is 0 Å². The van der Waals surface area contributed by atoms with E-state index >= 15 is 0 Å². The normalized spacial score (nSPS) is 13.0. The number of nitrogens with zero attached hydrogens (tertiary/aromatic N) is 4. The van der Waals surface area contributed by atoms with Crippen molar-refractivity contribution >= 4 is 21.4 Å². The van der Waals surface area contributed by atoms with Gasteiger partial charge in [-0.05, 0) is 28.8 Å². The Morgan fingerprint density at radius 3 is 3.00 bits per heavy atom. The third-order valence-corrected chi connectivity index (χ3v) is 4.05. The number of aromatic nitrogens is 4. The smallest absolute Gasteiger partial charge is 0.176 e. The zero-order chi connectivity index (χ0) is 13.4. The van der Waals surface area contributed by atoms with E-state index in [2.05, 4.69) is 15.4 Å². The van der Waals surface area contributed by atoms with E-state index in [4.69, 9.17) is 5.73 Å². The van der Waals surface area contributed by atoms with E-state index in [-0.39, 0.29) is 11.9 Å². The Morgan fingerprint density at radius 1 is 1.42 bits per heavy atom. The van der Waals surface area contributed by atoms with Crippen molar-refractivity contribution in [3.05, 3.63) is 40.8 Å². The standard InChI is InChI=1S/C12H12FN5S/c1-18-16-12(15-17-18)6-9(14)11-4-7-2-3-8(13)5-10(7)19-11/h2-5,9H,6,14H2,1H3. The first-order valence-electron chi connectivity index (χ1n) is 5.79. The minimum Gasteiger partial charge on any atom is -0.323 e. The van der Waals surface area contributed by atoms with Crippen molar-refractivity contribution in [1.29, 1.82) is 0 Å². The minimum absolute atomic E-state index is 0.204. The monoisotopic (exact) mass is 277 g/mol. The molecular formula is C12H12FN5S. The molecule has 0 amide bonds. The Kier molecular flexibility index (Phi) is 3.00. The predicted octanol–water partition coefficient (Wildman–Crippen LogP) is 1.81. The molecule has 5 nitrogen and oxygen atoms in total. The molecule has 0 aliphatic rings. The first kappa shape index (κ1) is 12.2. The van der Waals surface area contributed by atoms with E-state index in [0.717, 1.165) is 15.0 Å². The number of aryl methyl sites for hydroxylation is 1. The summed E-state index contributed by atoms with van der Waals surface area (Å²) < 4.78 is 14.0. The molecule has 0 radical (unpaired) electrons. The molecule has 2 N–H and O–H groups in total. The van der Waals surface area contributed by atoms with Gasteiger partial charge in [0.05, 0.1) is 7.05 Å². The van der Waals surface area contributed by atoms with Gasteiger partial charge in [-0.3, -0.25) is 0 Å². The Balaban J connectivity index is 1.86. The van der Waals surface area contributed by atoms with Gasteiger partial charge >= 0.3 is 0 Å². The van der Waals surface area contributed by atoms with Crippen LogP contribution in [0.2, 0.25) is 0 Å². The third kappa shape index (κ3) is 2.47. The molecule has 2 aromatic heterocycles. The van der Waals surface area contributed by atoms with E-state index in [9.17, 15) is 4.39 Å². The van der Waals surface area contributed by atoms with Crippen molar-refractivity contribution in [3.63, 3.8) is 0 Å². The maximum absolute atomic E-state index is 13.1. The van der Waals surface area contributed by atoms with Crippen LogP contribution in [0.1, 0.15) is 16.7 Å². The predicted molar refractivity (Wildman–Crippen MR) is 71.2 cm³/mol. The summed E-state index contributed by atoms with van der Waals surface area (Å²) >= 11 is 1.50. The number of hydrogen-bond donors (Lipinski definition) is 1. The van der Waals surface area contributed by atoms with Crippen LogP contribution in [0.5, 0.6) is 0 Å². The zero-order valence-electron chi connectivity index (χ0n) is 10.2. The molecular weight excluding hydrogens is 265 g/mol. The minimum atomic E-state index is -0.231. The van der Waals surface area contributed by atoms with Crippen LogP contribution >= 0.6 is 11.3 Å². The molecule has 2 heterocycles. The van der Waals surface area contributed by atoms with Crippen LogP contribution in [0.15, 0.2) is 24.3 Å². The topological polar surface area (TPSA) is 69.6 Å². The van der Waals surface area contributed by atoms with Gasteiger partial charge in [0.2, 0.25) is 0 Å². The van der Waals surface area contributed by atoms with Crippen LogP contribution < -0.4 is 5.73 Å². The SMILES string of the molecule is Cn1nnc(CC(N)c2cc3ccc(F)cc3s2)n1. The summed E-state index contributed by atoms with van der Waals surface area (Å²) in [6.45, 7) is 0. The summed E-state index contributed by atoms with van der Waals surface area (Å²) in [4.78, 5) is 2.40. The second-order valence-corrected chi connectivity index (χ2v) is 5.45. The molecule has 0 saturated heterocycles. The van der Waals surface area contributed by atoms with Gasteiger partial charge in [0.25, 0.3) is 0 Å². The lowest BCUT2D eigenvalue weighted by molar-refractivity contribution is 0.623. The van der Waals surface area contributed by atoms with Crippen molar-refractivity contribution in [3.8, 4) is 0 Å². The maximum Gasteiger partial charge on any atom is 0.176 e. The highest BCUT2D eigenvalue weighted by atomic mass is 32.1. The number of rotatable bonds is 3. The molecule has 0 saturated carbocycles. The van der Waals surface area contributed by atoms with Crippen LogP contribution in [0.25, 0.3) is 10.1 Å². The molecule has 0 aliphatic carbocycles. The van der Waals surface area contributed by atoms with E-state index in [1.165, 1.54) is 28.3 Å². The quantitative estimate of drug-likeness (QED) is 0.792. The average molecular weight is 277 g/mol. The van der Waals surface area contributed by atoms with Crippen molar-refractivity contribution < 1.29 is 4.39 Å². The summed E-state index contributed by atoms with van der Waals surface area (Å²) in [6, 6.07) is 6.52. The lowest BCUT2D eigenvalue weighted by Gasteiger charge is -2.05. The molecule has 0 spiro atoms. The van der Waals surface area contributed by atoms with Gasteiger partial charge in [0, 0.05) is 22.0 Å². The summed E-state index contributed by atoms with van der Waals surface area (Å²) in [7, 11) is 1.71. The number of nitrogens with two attached hydrogens (primary N) is 1. The molecule has 0 aliphatic heterocycles. The fraction of sp³-hybridized carbons (Fsp3) is 0.250. The molecule has 3 aromatic rings. The number of fused-ring (bicyclic) bond motifs is 1. The van der Waals surface area contributed by atoms with Gasteiger partial charge < -0.3 is 5.73 Å². The first-order chi connectivity index (χ1) is 9.11. The van der Waals surface area contributed by atoms with E-state index in [1.54, 1.807) is 13.1 Å². The van der Waals surface area contributed by atoms with E-state index in [0.29, 0.717) is 12.2 Å². The number of tetrazole rings is 1. The van der Waals surface area contributed by atoms with Gasteiger partial charge in [-0.2, -0.15) is 4.80 Å². The van der Waals surface area contributed by atoms with Gasteiger partial charge in [-0.1, -0.05) is 6.07 Å². The fourth-order valence-electron chi connectivity index (χ4n) is 1.91. The van der Waals surface area contributed by atoms with Crippen LogP contribution in [0.3, 0.4) is 0 Å². The highest BCUT2D eigenvalue weighted by Gasteiger charge is 2.14.